The van der Waals surface area contributed by atoms with Crippen molar-refractivity contribution in [1.29, 1.82) is 0 Å². The molecule has 0 aliphatic carbocycles. The van der Waals surface area contributed by atoms with Crippen molar-refractivity contribution in [3.05, 3.63) is 46.9 Å². The zero-order valence-corrected chi connectivity index (χ0v) is 16.9. The number of sulfonamides is 1. The molecule has 0 atom stereocenters. The van der Waals surface area contributed by atoms with E-state index < -0.39 is 15.9 Å². The Kier molecular flexibility index (Phi) is 6.63. The summed E-state index contributed by atoms with van der Waals surface area (Å²) in [5.41, 5.74) is 0.474. The summed E-state index contributed by atoms with van der Waals surface area (Å²) >= 11 is 3.26. The zero-order chi connectivity index (χ0) is 19.3. The molecule has 2 aromatic rings. The normalized spacial score (nSPS) is 11.3. The van der Waals surface area contributed by atoms with Crippen molar-refractivity contribution in [1.82, 2.24) is 4.31 Å². The van der Waals surface area contributed by atoms with Crippen LogP contribution in [0.2, 0.25) is 0 Å². The van der Waals surface area contributed by atoms with Gasteiger partial charge in [0.25, 0.3) is 0 Å². The molecule has 0 spiro atoms. The van der Waals surface area contributed by atoms with Crippen molar-refractivity contribution >= 4 is 37.5 Å². The number of methoxy groups -OCH3 is 2. The van der Waals surface area contributed by atoms with E-state index in [-0.39, 0.29) is 11.4 Å². The number of hydrogen-bond acceptors (Lipinski definition) is 5. The molecule has 2 rings (SSSR count). The fraction of sp³-hybridized carbons (Fsp3) is 0.235. The predicted octanol–water partition coefficient (Wildman–Crippen LogP) is 2.73. The number of nitrogens with one attached hydrogen (secondary N) is 1. The van der Waals surface area contributed by atoms with Crippen LogP contribution in [0.15, 0.2) is 51.8 Å². The number of carbonyl (C=O) groups is 1. The molecule has 0 fully saturated rings. The summed E-state index contributed by atoms with van der Waals surface area (Å²) < 4.78 is 37.1. The Labute approximate surface area is 161 Å². The third kappa shape index (κ3) is 4.75. The van der Waals surface area contributed by atoms with Crippen molar-refractivity contribution < 1.29 is 22.7 Å². The average molecular weight is 443 g/mol. The Bertz CT molecular complexity index is 885. The van der Waals surface area contributed by atoms with Gasteiger partial charge in [-0.25, -0.2) is 8.42 Å². The molecule has 1 N–H and O–H groups in total. The first kappa shape index (κ1) is 20.2. The zero-order valence-electron chi connectivity index (χ0n) is 14.5. The number of amides is 1. The van der Waals surface area contributed by atoms with E-state index in [1.165, 1.54) is 33.4 Å². The number of rotatable bonds is 7. The Morgan fingerprint density at radius 1 is 1.08 bits per heavy atom. The summed E-state index contributed by atoms with van der Waals surface area (Å²) in [7, 11) is 0.593. The van der Waals surface area contributed by atoms with E-state index in [0.717, 1.165) is 8.78 Å². The van der Waals surface area contributed by atoms with Gasteiger partial charge in [-0.3, -0.25) is 4.79 Å². The van der Waals surface area contributed by atoms with Gasteiger partial charge >= 0.3 is 0 Å². The molecule has 0 aliphatic heterocycles. The second-order valence-corrected chi connectivity index (χ2v) is 8.29. The summed E-state index contributed by atoms with van der Waals surface area (Å²) in [6.45, 7) is -0.327. The Hall–Kier alpha value is -2.10. The highest BCUT2D eigenvalue weighted by molar-refractivity contribution is 9.10. The lowest BCUT2D eigenvalue weighted by Gasteiger charge is -2.17. The number of likely N-dealkylation sites (N-methyl/N-ethyl adjacent to an activating group) is 1. The smallest absolute Gasteiger partial charge is 0.243 e. The maximum absolute atomic E-state index is 12.5. The highest BCUT2D eigenvalue weighted by Crippen LogP contribution is 2.29. The summed E-state index contributed by atoms with van der Waals surface area (Å²) in [4.78, 5) is 12.3. The minimum absolute atomic E-state index is 0.113. The molecule has 9 heteroatoms. The summed E-state index contributed by atoms with van der Waals surface area (Å²) in [5, 5.41) is 2.64. The van der Waals surface area contributed by atoms with Crippen LogP contribution in [-0.2, 0) is 14.8 Å². The molecule has 2 aromatic carbocycles. The predicted molar refractivity (Wildman–Crippen MR) is 102 cm³/mol. The van der Waals surface area contributed by atoms with Crippen LogP contribution in [0, 0.1) is 0 Å². The molecule has 0 aromatic heterocycles. The van der Waals surface area contributed by atoms with Crippen molar-refractivity contribution in [3.63, 3.8) is 0 Å². The summed E-state index contributed by atoms with van der Waals surface area (Å²) in [6, 6.07) is 11.1. The molecule has 140 valence electrons. The molecule has 1 amide bonds. The van der Waals surface area contributed by atoms with Crippen LogP contribution < -0.4 is 14.8 Å². The van der Waals surface area contributed by atoms with Crippen LogP contribution in [0.4, 0.5) is 5.69 Å². The SMILES string of the molecule is COc1ccc(NC(=O)CN(C)S(=O)(=O)c2ccc(Br)cc2)cc1OC. The van der Waals surface area contributed by atoms with Gasteiger partial charge < -0.3 is 14.8 Å². The maximum atomic E-state index is 12.5. The first-order valence-electron chi connectivity index (χ1n) is 7.51. The minimum Gasteiger partial charge on any atom is -0.493 e. The van der Waals surface area contributed by atoms with Gasteiger partial charge in [0.2, 0.25) is 15.9 Å². The van der Waals surface area contributed by atoms with E-state index >= 15 is 0 Å². The van der Waals surface area contributed by atoms with E-state index in [9.17, 15) is 13.2 Å². The highest BCUT2D eigenvalue weighted by Gasteiger charge is 2.23. The average Bonchev–Trinajstić information content (AvgIpc) is 2.61. The van der Waals surface area contributed by atoms with Crippen molar-refractivity contribution in [3.8, 4) is 11.5 Å². The van der Waals surface area contributed by atoms with Gasteiger partial charge in [0.05, 0.1) is 25.7 Å². The Morgan fingerprint density at radius 3 is 2.27 bits per heavy atom. The van der Waals surface area contributed by atoms with Crippen molar-refractivity contribution in [2.75, 3.05) is 33.1 Å². The largest absolute Gasteiger partial charge is 0.493 e. The maximum Gasteiger partial charge on any atom is 0.243 e. The van der Waals surface area contributed by atoms with E-state index in [1.54, 1.807) is 30.3 Å². The van der Waals surface area contributed by atoms with Crippen molar-refractivity contribution in [2.45, 2.75) is 4.90 Å². The lowest BCUT2D eigenvalue weighted by Crippen LogP contribution is -2.34. The van der Waals surface area contributed by atoms with Gasteiger partial charge in [-0.15, -0.1) is 0 Å². The van der Waals surface area contributed by atoms with Gasteiger partial charge in [0.15, 0.2) is 11.5 Å². The Morgan fingerprint density at radius 2 is 1.69 bits per heavy atom. The van der Waals surface area contributed by atoms with E-state index in [1.807, 2.05) is 0 Å². The molecule has 0 heterocycles. The molecular weight excluding hydrogens is 424 g/mol. The van der Waals surface area contributed by atoms with Gasteiger partial charge in [-0.05, 0) is 36.4 Å². The number of hydrogen-bond donors (Lipinski definition) is 1. The topological polar surface area (TPSA) is 84.9 Å². The second-order valence-electron chi connectivity index (χ2n) is 5.33. The van der Waals surface area contributed by atoms with Gasteiger partial charge in [0, 0.05) is 23.3 Å². The van der Waals surface area contributed by atoms with Gasteiger partial charge in [-0.2, -0.15) is 4.31 Å². The van der Waals surface area contributed by atoms with Gasteiger partial charge in [0.1, 0.15) is 0 Å². The first-order valence-corrected chi connectivity index (χ1v) is 9.75. The lowest BCUT2D eigenvalue weighted by atomic mass is 10.2. The van der Waals surface area contributed by atoms with Crippen LogP contribution >= 0.6 is 15.9 Å². The summed E-state index contributed by atoms with van der Waals surface area (Å²) in [5.74, 6) is 0.516. The minimum atomic E-state index is -3.76. The molecule has 0 aliphatic rings. The molecule has 0 saturated heterocycles. The standard InChI is InChI=1S/C17H19BrN2O5S/c1-20(26(22,23)14-7-4-12(18)5-8-14)11-17(21)19-13-6-9-15(24-2)16(10-13)25-3/h4-10H,11H2,1-3H3,(H,19,21). The number of anilines is 1. The molecule has 7 nitrogen and oxygen atoms in total. The Balaban J connectivity index is 2.08. The van der Waals surface area contributed by atoms with Crippen LogP contribution in [0.1, 0.15) is 0 Å². The van der Waals surface area contributed by atoms with Crippen LogP contribution in [0.3, 0.4) is 0 Å². The van der Waals surface area contributed by atoms with Crippen LogP contribution in [0.25, 0.3) is 0 Å². The molecule has 0 saturated carbocycles. The fourth-order valence-electron chi connectivity index (χ4n) is 2.19. The van der Waals surface area contributed by atoms with E-state index in [4.69, 9.17) is 9.47 Å². The molecule has 0 radical (unpaired) electrons. The molecular formula is C17H19BrN2O5S. The van der Waals surface area contributed by atoms with Crippen LogP contribution in [0.5, 0.6) is 11.5 Å². The molecule has 0 bridgehead atoms. The van der Waals surface area contributed by atoms with Crippen molar-refractivity contribution in [2.24, 2.45) is 0 Å². The fourth-order valence-corrected chi connectivity index (χ4v) is 3.58. The molecule has 26 heavy (non-hydrogen) atoms. The second kappa shape index (κ2) is 8.52. The lowest BCUT2D eigenvalue weighted by molar-refractivity contribution is -0.116. The third-order valence-corrected chi connectivity index (χ3v) is 5.90. The number of ether oxygens (including phenoxy) is 2. The van der Waals surface area contributed by atoms with Gasteiger partial charge in [-0.1, -0.05) is 15.9 Å². The monoisotopic (exact) mass is 442 g/mol. The van der Waals surface area contributed by atoms with Crippen LogP contribution in [-0.4, -0.2) is 46.4 Å². The first-order chi connectivity index (χ1) is 12.3. The number of nitrogens with zero attached hydrogens (tertiary/aromatic N) is 1. The number of benzene rings is 2. The quantitative estimate of drug-likeness (QED) is 0.712. The number of carbonyl (C=O) groups excluding carboxylic acids is 1. The van der Waals surface area contributed by atoms with E-state index in [2.05, 4.69) is 21.2 Å². The molecule has 0 unspecified atom stereocenters. The number of halogens is 1. The van der Waals surface area contributed by atoms with E-state index in [0.29, 0.717) is 17.2 Å². The third-order valence-electron chi connectivity index (χ3n) is 3.56. The summed E-state index contributed by atoms with van der Waals surface area (Å²) in [6.07, 6.45) is 0. The highest BCUT2D eigenvalue weighted by atomic mass is 79.9.